The molecule has 0 radical (unpaired) electrons. The molecule has 0 fully saturated rings. The molecule has 6 nitrogen and oxygen atoms in total. The molecule has 3 aromatic rings. The van der Waals surface area contributed by atoms with Gasteiger partial charge in [0.1, 0.15) is 0 Å². The Morgan fingerprint density at radius 2 is 1.88 bits per heavy atom. The first-order chi connectivity index (χ1) is 12.5. The van der Waals surface area contributed by atoms with Crippen molar-refractivity contribution in [1.82, 2.24) is 10.4 Å². The molecule has 0 unspecified atom stereocenters. The monoisotopic (exact) mass is 369 g/mol. The van der Waals surface area contributed by atoms with Crippen molar-refractivity contribution < 1.29 is 14.8 Å². The fraction of sp³-hybridized carbons (Fsp3) is 0.158. The second-order valence-electron chi connectivity index (χ2n) is 6.01. The van der Waals surface area contributed by atoms with E-state index >= 15 is 0 Å². The molecule has 7 heteroatoms. The third-order valence-electron chi connectivity index (χ3n) is 3.83. The van der Waals surface area contributed by atoms with Crippen molar-refractivity contribution in [2.45, 2.75) is 6.54 Å². The van der Waals surface area contributed by atoms with Gasteiger partial charge in [-0.05, 0) is 42.3 Å². The zero-order valence-electron chi connectivity index (χ0n) is 14.2. The summed E-state index contributed by atoms with van der Waals surface area (Å²) in [5.41, 5.74) is 3.45. The van der Waals surface area contributed by atoms with E-state index < -0.39 is 5.91 Å². The fourth-order valence-corrected chi connectivity index (χ4v) is 3.62. The Balaban J connectivity index is 1.62. The SMILES string of the molecule is CN(CC(=O)Nc1ccc2sc(C(=O)NO)cc2c1)Cc1ccccc1. The Labute approximate surface area is 155 Å². The Morgan fingerprint density at radius 3 is 2.62 bits per heavy atom. The van der Waals surface area contributed by atoms with Crippen LogP contribution in [0.1, 0.15) is 15.2 Å². The molecular weight excluding hydrogens is 350 g/mol. The van der Waals surface area contributed by atoms with Crippen LogP contribution in [0.4, 0.5) is 5.69 Å². The van der Waals surface area contributed by atoms with Crippen molar-refractivity contribution >= 4 is 38.9 Å². The molecule has 0 atom stereocenters. The fourth-order valence-electron chi connectivity index (χ4n) is 2.68. The van der Waals surface area contributed by atoms with Crippen molar-refractivity contribution in [3.8, 4) is 0 Å². The van der Waals surface area contributed by atoms with E-state index in [4.69, 9.17) is 5.21 Å². The average molecular weight is 369 g/mol. The molecular formula is C19H19N3O3S. The molecule has 0 saturated carbocycles. The number of nitrogens with zero attached hydrogens (tertiary/aromatic N) is 1. The van der Waals surface area contributed by atoms with Crippen molar-refractivity contribution in [1.29, 1.82) is 0 Å². The molecule has 2 aromatic carbocycles. The van der Waals surface area contributed by atoms with Gasteiger partial charge in [0.2, 0.25) is 5.91 Å². The molecule has 2 amide bonds. The van der Waals surface area contributed by atoms with Gasteiger partial charge in [-0.3, -0.25) is 19.7 Å². The first-order valence-corrected chi connectivity index (χ1v) is 8.87. The van der Waals surface area contributed by atoms with E-state index in [2.05, 4.69) is 5.32 Å². The largest absolute Gasteiger partial charge is 0.325 e. The number of hydrogen-bond donors (Lipinski definition) is 3. The molecule has 1 heterocycles. The molecule has 0 aliphatic rings. The smallest absolute Gasteiger partial charge is 0.284 e. The number of rotatable bonds is 6. The lowest BCUT2D eigenvalue weighted by Gasteiger charge is -2.16. The van der Waals surface area contributed by atoms with Crippen molar-refractivity contribution in [3.63, 3.8) is 0 Å². The third kappa shape index (κ3) is 4.45. The van der Waals surface area contributed by atoms with Gasteiger partial charge in [-0.1, -0.05) is 30.3 Å². The van der Waals surface area contributed by atoms with E-state index in [-0.39, 0.29) is 12.5 Å². The normalized spacial score (nSPS) is 10.9. The average Bonchev–Trinajstić information content (AvgIpc) is 3.05. The summed E-state index contributed by atoms with van der Waals surface area (Å²) in [7, 11) is 1.90. The summed E-state index contributed by atoms with van der Waals surface area (Å²) < 4.78 is 0.905. The highest BCUT2D eigenvalue weighted by molar-refractivity contribution is 7.20. The number of hydroxylamine groups is 1. The van der Waals surface area contributed by atoms with Crippen LogP contribution in [0.2, 0.25) is 0 Å². The summed E-state index contributed by atoms with van der Waals surface area (Å²) in [4.78, 5) is 26.1. The second kappa shape index (κ2) is 8.09. The van der Waals surface area contributed by atoms with Crippen LogP contribution < -0.4 is 10.8 Å². The summed E-state index contributed by atoms with van der Waals surface area (Å²) in [6.45, 7) is 0.964. The van der Waals surface area contributed by atoms with Gasteiger partial charge in [0.05, 0.1) is 11.4 Å². The first kappa shape index (κ1) is 18.1. The summed E-state index contributed by atoms with van der Waals surface area (Å²) >= 11 is 1.28. The van der Waals surface area contributed by atoms with Gasteiger partial charge in [0.25, 0.3) is 5.91 Å². The number of carbonyl (C=O) groups is 2. The lowest BCUT2D eigenvalue weighted by Crippen LogP contribution is -2.29. The Hall–Kier alpha value is -2.74. The summed E-state index contributed by atoms with van der Waals surface area (Å²) in [5, 5.41) is 12.4. The van der Waals surface area contributed by atoms with Crippen molar-refractivity contribution in [2.75, 3.05) is 18.9 Å². The van der Waals surface area contributed by atoms with Crippen LogP contribution in [0.25, 0.3) is 10.1 Å². The van der Waals surface area contributed by atoms with Crippen LogP contribution in [0.3, 0.4) is 0 Å². The van der Waals surface area contributed by atoms with E-state index in [0.717, 1.165) is 15.6 Å². The van der Waals surface area contributed by atoms with E-state index in [1.54, 1.807) is 17.6 Å². The highest BCUT2D eigenvalue weighted by atomic mass is 32.1. The maximum atomic E-state index is 12.3. The molecule has 26 heavy (non-hydrogen) atoms. The zero-order chi connectivity index (χ0) is 18.5. The van der Waals surface area contributed by atoms with Crippen LogP contribution in [0.15, 0.2) is 54.6 Å². The Bertz CT molecular complexity index is 924. The number of nitrogens with one attached hydrogen (secondary N) is 2. The molecule has 0 saturated heterocycles. The molecule has 3 N–H and O–H groups in total. The van der Waals surface area contributed by atoms with Crippen LogP contribution in [0.5, 0.6) is 0 Å². The standard InChI is InChI=1S/C19H19N3O3S/c1-22(11-13-5-3-2-4-6-13)12-18(23)20-15-7-8-16-14(9-15)10-17(26-16)19(24)21-25/h2-10,25H,11-12H2,1H3,(H,20,23)(H,21,24). The summed E-state index contributed by atoms with van der Waals surface area (Å²) in [6, 6.07) is 17.1. The number of benzene rings is 2. The zero-order valence-corrected chi connectivity index (χ0v) is 15.0. The van der Waals surface area contributed by atoms with Crippen LogP contribution in [-0.2, 0) is 11.3 Å². The minimum atomic E-state index is -0.542. The van der Waals surface area contributed by atoms with Gasteiger partial charge in [-0.15, -0.1) is 11.3 Å². The van der Waals surface area contributed by atoms with Crippen LogP contribution in [-0.4, -0.2) is 35.5 Å². The molecule has 0 aliphatic carbocycles. The maximum absolute atomic E-state index is 12.3. The number of thiophene rings is 1. The Kier molecular flexibility index (Phi) is 5.62. The summed E-state index contributed by atoms with van der Waals surface area (Å²) in [6.07, 6.45) is 0. The van der Waals surface area contributed by atoms with Gasteiger partial charge in [0.15, 0.2) is 0 Å². The van der Waals surface area contributed by atoms with Crippen molar-refractivity contribution in [3.05, 3.63) is 65.0 Å². The second-order valence-corrected chi connectivity index (χ2v) is 7.09. The van der Waals surface area contributed by atoms with E-state index in [9.17, 15) is 9.59 Å². The van der Waals surface area contributed by atoms with Crippen LogP contribution >= 0.6 is 11.3 Å². The number of carbonyl (C=O) groups excluding carboxylic acids is 2. The predicted molar refractivity (Wildman–Crippen MR) is 102 cm³/mol. The summed E-state index contributed by atoms with van der Waals surface area (Å²) in [5.74, 6) is -0.648. The Morgan fingerprint density at radius 1 is 1.12 bits per heavy atom. The third-order valence-corrected chi connectivity index (χ3v) is 4.95. The number of anilines is 1. The van der Waals surface area contributed by atoms with E-state index in [0.29, 0.717) is 17.1 Å². The van der Waals surface area contributed by atoms with Gasteiger partial charge < -0.3 is 5.32 Å². The number of fused-ring (bicyclic) bond motifs is 1. The van der Waals surface area contributed by atoms with Gasteiger partial charge in [-0.2, -0.15) is 0 Å². The van der Waals surface area contributed by atoms with Gasteiger partial charge >= 0.3 is 0 Å². The molecule has 0 bridgehead atoms. The molecule has 0 aliphatic heterocycles. The minimum absolute atomic E-state index is 0.105. The highest BCUT2D eigenvalue weighted by Crippen LogP contribution is 2.28. The quantitative estimate of drug-likeness (QED) is 0.461. The highest BCUT2D eigenvalue weighted by Gasteiger charge is 2.11. The molecule has 1 aromatic heterocycles. The van der Waals surface area contributed by atoms with E-state index in [1.165, 1.54) is 11.3 Å². The minimum Gasteiger partial charge on any atom is -0.325 e. The molecule has 3 rings (SSSR count). The van der Waals surface area contributed by atoms with E-state index in [1.807, 2.05) is 54.4 Å². The van der Waals surface area contributed by atoms with Crippen LogP contribution in [0, 0.1) is 0 Å². The van der Waals surface area contributed by atoms with Gasteiger partial charge in [-0.25, -0.2) is 5.48 Å². The lowest BCUT2D eigenvalue weighted by molar-refractivity contribution is -0.117. The number of hydrogen-bond acceptors (Lipinski definition) is 5. The predicted octanol–water partition coefficient (Wildman–Crippen LogP) is 3.09. The number of amides is 2. The number of likely N-dealkylation sites (N-methyl/N-ethyl adjacent to an activating group) is 1. The topological polar surface area (TPSA) is 81.7 Å². The maximum Gasteiger partial charge on any atom is 0.284 e. The first-order valence-electron chi connectivity index (χ1n) is 8.05. The lowest BCUT2D eigenvalue weighted by atomic mass is 10.2. The molecule has 134 valence electrons. The van der Waals surface area contributed by atoms with Crippen molar-refractivity contribution in [2.24, 2.45) is 0 Å². The van der Waals surface area contributed by atoms with Gasteiger partial charge in [0, 0.05) is 16.9 Å². The molecule has 0 spiro atoms.